The maximum atomic E-state index is 3.42. The molecule has 1 heteroatoms. The molecule has 0 heterocycles. The first-order valence-electron chi connectivity index (χ1n) is 7.82. The quantitative estimate of drug-likeness (QED) is 0.824. The van der Waals surface area contributed by atoms with Crippen LogP contribution >= 0.6 is 0 Å². The molecule has 112 valence electrons. The molecule has 0 spiro atoms. The van der Waals surface area contributed by atoms with Gasteiger partial charge in [0.1, 0.15) is 0 Å². The maximum Gasteiger partial charge on any atom is 0.0320 e. The second kappa shape index (κ2) is 6.91. The predicted octanol–water partition coefficient (Wildman–Crippen LogP) is 4.88. The van der Waals surface area contributed by atoms with Crippen molar-refractivity contribution in [3.8, 4) is 0 Å². The Kier molecular flexibility index (Phi) is 5.19. The number of nitrogens with one attached hydrogen (secondary N) is 1. The molecule has 0 fully saturated rings. The Hall–Kier alpha value is -1.60. The van der Waals surface area contributed by atoms with Crippen LogP contribution in [0.1, 0.15) is 49.9 Å². The zero-order chi connectivity index (χ0) is 15.3. The maximum absolute atomic E-state index is 3.42. The summed E-state index contributed by atoms with van der Waals surface area (Å²) >= 11 is 0. The van der Waals surface area contributed by atoms with Crippen LogP contribution in [0.2, 0.25) is 0 Å². The van der Waals surface area contributed by atoms with Gasteiger partial charge in [0, 0.05) is 6.04 Å². The molecule has 0 aromatic heterocycles. The topological polar surface area (TPSA) is 12.0 Å². The molecule has 0 bridgehead atoms. The van der Waals surface area contributed by atoms with Gasteiger partial charge < -0.3 is 5.32 Å². The highest BCUT2D eigenvalue weighted by Gasteiger charge is 2.13. The fourth-order valence-corrected chi connectivity index (χ4v) is 2.65. The molecular formula is C20H27N. The largest absolute Gasteiger partial charge is 0.313 e. The summed E-state index contributed by atoms with van der Waals surface area (Å²) in [5, 5.41) is 3.42. The standard InChI is InChI=1S/C20H27N/c1-20(2,3)18-13-10-16(11-14-18)12-15-19(21-4)17-8-6-5-7-9-17/h5-11,13-14,19,21H,12,15H2,1-4H3. The van der Waals surface area contributed by atoms with Crippen molar-refractivity contribution in [2.24, 2.45) is 0 Å². The van der Waals surface area contributed by atoms with E-state index in [1.807, 2.05) is 7.05 Å². The SMILES string of the molecule is CNC(CCc1ccc(C(C)(C)C)cc1)c1ccccc1. The molecule has 1 unspecified atom stereocenters. The van der Waals surface area contributed by atoms with Gasteiger partial charge in [-0.2, -0.15) is 0 Å². The highest BCUT2D eigenvalue weighted by Crippen LogP contribution is 2.23. The molecule has 2 aromatic rings. The second-order valence-electron chi connectivity index (χ2n) is 6.74. The summed E-state index contributed by atoms with van der Waals surface area (Å²) in [4.78, 5) is 0. The molecule has 0 aliphatic heterocycles. The summed E-state index contributed by atoms with van der Waals surface area (Å²) in [6.07, 6.45) is 2.22. The molecule has 0 radical (unpaired) electrons. The molecule has 1 atom stereocenters. The third kappa shape index (κ3) is 4.44. The number of aryl methyl sites for hydroxylation is 1. The monoisotopic (exact) mass is 281 g/mol. The third-order valence-corrected chi connectivity index (χ3v) is 4.09. The summed E-state index contributed by atoms with van der Waals surface area (Å²) in [6.45, 7) is 6.78. The van der Waals surface area contributed by atoms with Gasteiger partial charge in [-0.3, -0.25) is 0 Å². The third-order valence-electron chi connectivity index (χ3n) is 4.09. The van der Waals surface area contributed by atoms with Crippen LogP contribution in [-0.2, 0) is 11.8 Å². The van der Waals surface area contributed by atoms with Gasteiger partial charge in [0.2, 0.25) is 0 Å². The van der Waals surface area contributed by atoms with Crippen LogP contribution < -0.4 is 5.32 Å². The zero-order valence-corrected chi connectivity index (χ0v) is 13.7. The average molecular weight is 281 g/mol. The fourth-order valence-electron chi connectivity index (χ4n) is 2.65. The summed E-state index contributed by atoms with van der Waals surface area (Å²) < 4.78 is 0. The number of rotatable bonds is 5. The van der Waals surface area contributed by atoms with Crippen molar-refractivity contribution in [1.29, 1.82) is 0 Å². The Morgan fingerprint density at radius 1 is 0.905 bits per heavy atom. The minimum Gasteiger partial charge on any atom is -0.313 e. The first kappa shape index (κ1) is 15.8. The van der Waals surface area contributed by atoms with Crippen molar-refractivity contribution < 1.29 is 0 Å². The average Bonchev–Trinajstić information content (AvgIpc) is 2.48. The van der Waals surface area contributed by atoms with E-state index in [4.69, 9.17) is 0 Å². The predicted molar refractivity (Wildman–Crippen MR) is 91.7 cm³/mol. The van der Waals surface area contributed by atoms with E-state index in [0.717, 1.165) is 12.8 Å². The van der Waals surface area contributed by atoms with Crippen molar-refractivity contribution in [2.75, 3.05) is 7.05 Å². The summed E-state index contributed by atoms with van der Waals surface area (Å²) in [5.41, 5.74) is 4.42. The van der Waals surface area contributed by atoms with E-state index in [1.54, 1.807) is 0 Å². The molecule has 1 N–H and O–H groups in total. The lowest BCUT2D eigenvalue weighted by atomic mass is 9.86. The van der Waals surface area contributed by atoms with Crippen molar-refractivity contribution in [3.63, 3.8) is 0 Å². The van der Waals surface area contributed by atoms with E-state index in [0.29, 0.717) is 6.04 Å². The first-order valence-corrected chi connectivity index (χ1v) is 7.82. The summed E-state index contributed by atoms with van der Waals surface area (Å²) in [7, 11) is 2.04. The van der Waals surface area contributed by atoms with Gasteiger partial charge in [0.05, 0.1) is 0 Å². The fraction of sp³-hybridized carbons (Fsp3) is 0.400. The van der Waals surface area contributed by atoms with Gasteiger partial charge in [-0.25, -0.2) is 0 Å². The van der Waals surface area contributed by atoms with E-state index in [2.05, 4.69) is 80.7 Å². The van der Waals surface area contributed by atoms with Gasteiger partial charge in [0.25, 0.3) is 0 Å². The highest BCUT2D eigenvalue weighted by molar-refractivity contribution is 5.28. The van der Waals surface area contributed by atoms with E-state index in [-0.39, 0.29) is 5.41 Å². The van der Waals surface area contributed by atoms with Crippen molar-refractivity contribution in [1.82, 2.24) is 5.32 Å². The molecule has 0 aliphatic rings. The lowest BCUT2D eigenvalue weighted by Gasteiger charge is -2.20. The van der Waals surface area contributed by atoms with Gasteiger partial charge in [0.15, 0.2) is 0 Å². The Bertz CT molecular complexity index is 534. The van der Waals surface area contributed by atoms with Crippen LogP contribution in [0.4, 0.5) is 0 Å². The van der Waals surface area contributed by atoms with Gasteiger partial charge in [-0.05, 0) is 42.0 Å². The molecule has 2 aromatic carbocycles. The molecule has 0 saturated heterocycles. The first-order chi connectivity index (χ1) is 10.0. The van der Waals surface area contributed by atoms with E-state index >= 15 is 0 Å². The Labute approximate surface area is 129 Å². The smallest absolute Gasteiger partial charge is 0.0320 e. The Morgan fingerprint density at radius 2 is 1.52 bits per heavy atom. The number of benzene rings is 2. The van der Waals surface area contributed by atoms with Gasteiger partial charge in [-0.15, -0.1) is 0 Å². The second-order valence-corrected chi connectivity index (χ2v) is 6.74. The molecule has 0 amide bonds. The van der Waals surface area contributed by atoms with Crippen LogP contribution in [0, 0.1) is 0 Å². The lowest BCUT2D eigenvalue weighted by molar-refractivity contribution is 0.548. The van der Waals surface area contributed by atoms with Crippen molar-refractivity contribution in [2.45, 2.75) is 45.1 Å². The van der Waals surface area contributed by atoms with E-state index in [1.165, 1.54) is 16.7 Å². The minimum absolute atomic E-state index is 0.232. The zero-order valence-electron chi connectivity index (χ0n) is 13.7. The van der Waals surface area contributed by atoms with Crippen LogP contribution in [0.5, 0.6) is 0 Å². The van der Waals surface area contributed by atoms with E-state index < -0.39 is 0 Å². The molecular weight excluding hydrogens is 254 g/mol. The highest BCUT2D eigenvalue weighted by atomic mass is 14.9. The molecule has 1 nitrogen and oxygen atoms in total. The lowest BCUT2D eigenvalue weighted by Crippen LogP contribution is -2.17. The van der Waals surface area contributed by atoms with Crippen molar-refractivity contribution >= 4 is 0 Å². The summed E-state index contributed by atoms with van der Waals surface area (Å²) in [5.74, 6) is 0. The van der Waals surface area contributed by atoms with Crippen LogP contribution in [0.15, 0.2) is 54.6 Å². The van der Waals surface area contributed by atoms with Crippen LogP contribution in [0.3, 0.4) is 0 Å². The van der Waals surface area contributed by atoms with Crippen LogP contribution in [0.25, 0.3) is 0 Å². The number of hydrogen-bond donors (Lipinski definition) is 1. The van der Waals surface area contributed by atoms with E-state index in [9.17, 15) is 0 Å². The number of hydrogen-bond acceptors (Lipinski definition) is 1. The van der Waals surface area contributed by atoms with Gasteiger partial charge >= 0.3 is 0 Å². The van der Waals surface area contributed by atoms with Crippen LogP contribution in [-0.4, -0.2) is 7.05 Å². The minimum atomic E-state index is 0.232. The summed E-state index contributed by atoms with van der Waals surface area (Å²) in [6, 6.07) is 20.2. The Balaban J connectivity index is 1.99. The molecule has 0 saturated carbocycles. The van der Waals surface area contributed by atoms with Crippen molar-refractivity contribution in [3.05, 3.63) is 71.3 Å². The Morgan fingerprint density at radius 3 is 2.05 bits per heavy atom. The molecule has 2 rings (SSSR count). The van der Waals surface area contributed by atoms with Gasteiger partial charge in [-0.1, -0.05) is 75.4 Å². The molecule has 21 heavy (non-hydrogen) atoms. The molecule has 0 aliphatic carbocycles. The normalized spacial score (nSPS) is 13.1.